The summed E-state index contributed by atoms with van der Waals surface area (Å²) in [4.78, 5) is 8.58. The standard InChI is InChI=1S/C7H14N4O2S/c1-8-14(12,13)7-4-9-6(10-7)5-11(2)3/h4,8H,5H2,1-3H3,(H,9,10). The Balaban J connectivity index is 2.89. The Morgan fingerprint density at radius 1 is 1.57 bits per heavy atom. The van der Waals surface area contributed by atoms with Gasteiger partial charge in [-0.15, -0.1) is 0 Å². The third kappa shape index (κ3) is 2.53. The van der Waals surface area contributed by atoms with Crippen LogP contribution in [0.25, 0.3) is 0 Å². The van der Waals surface area contributed by atoms with Crippen LogP contribution in [0.4, 0.5) is 0 Å². The topological polar surface area (TPSA) is 78.1 Å². The summed E-state index contributed by atoms with van der Waals surface area (Å²) < 4.78 is 24.8. The van der Waals surface area contributed by atoms with Gasteiger partial charge in [0.25, 0.3) is 10.0 Å². The van der Waals surface area contributed by atoms with E-state index in [9.17, 15) is 8.42 Å². The molecule has 14 heavy (non-hydrogen) atoms. The fraction of sp³-hybridized carbons (Fsp3) is 0.571. The summed E-state index contributed by atoms with van der Waals surface area (Å²) in [7, 11) is 1.73. The van der Waals surface area contributed by atoms with Crippen LogP contribution in [0.2, 0.25) is 0 Å². The number of imidazole rings is 1. The normalized spacial score (nSPS) is 12.3. The van der Waals surface area contributed by atoms with Crippen molar-refractivity contribution in [3.8, 4) is 0 Å². The number of sulfonamides is 1. The molecular weight excluding hydrogens is 204 g/mol. The predicted molar refractivity (Wildman–Crippen MR) is 52.2 cm³/mol. The van der Waals surface area contributed by atoms with Crippen molar-refractivity contribution in [2.24, 2.45) is 0 Å². The van der Waals surface area contributed by atoms with Gasteiger partial charge in [0.2, 0.25) is 0 Å². The SMILES string of the molecule is CNS(=O)(=O)c1cnc(CN(C)C)[nH]1. The van der Waals surface area contributed by atoms with E-state index in [0.29, 0.717) is 12.4 Å². The molecule has 0 spiro atoms. The Morgan fingerprint density at radius 3 is 2.71 bits per heavy atom. The van der Waals surface area contributed by atoms with Crippen molar-refractivity contribution in [3.05, 3.63) is 12.0 Å². The molecule has 0 atom stereocenters. The molecule has 6 nitrogen and oxygen atoms in total. The first-order valence-electron chi connectivity index (χ1n) is 4.08. The van der Waals surface area contributed by atoms with E-state index in [1.807, 2.05) is 19.0 Å². The number of hydrogen-bond donors (Lipinski definition) is 2. The lowest BCUT2D eigenvalue weighted by Gasteiger charge is -2.05. The van der Waals surface area contributed by atoms with Crippen LogP contribution in [0.5, 0.6) is 0 Å². The van der Waals surface area contributed by atoms with Gasteiger partial charge in [-0.1, -0.05) is 0 Å². The largest absolute Gasteiger partial charge is 0.331 e. The van der Waals surface area contributed by atoms with Gasteiger partial charge in [-0.05, 0) is 21.1 Å². The second-order valence-electron chi connectivity index (χ2n) is 3.14. The van der Waals surface area contributed by atoms with Crippen LogP contribution < -0.4 is 4.72 Å². The van der Waals surface area contributed by atoms with Gasteiger partial charge in [0.05, 0.1) is 12.7 Å². The molecule has 80 valence electrons. The number of nitrogens with one attached hydrogen (secondary N) is 2. The zero-order valence-electron chi connectivity index (χ0n) is 8.40. The second kappa shape index (κ2) is 4.07. The summed E-state index contributed by atoms with van der Waals surface area (Å²) in [6.07, 6.45) is 1.31. The molecule has 1 rings (SSSR count). The molecule has 2 N–H and O–H groups in total. The zero-order chi connectivity index (χ0) is 10.8. The summed E-state index contributed by atoms with van der Waals surface area (Å²) in [5.74, 6) is 0.629. The van der Waals surface area contributed by atoms with Gasteiger partial charge in [0, 0.05) is 0 Å². The van der Waals surface area contributed by atoms with Crippen molar-refractivity contribution in [3.63, 3.8) is 0 Å². The quantitative estimate of drug-likeness (QED) is 0.706. The molecule has 0 unspecified atom stereocenters. The van der Waals surface area contributed by atoms with Gasteiger partial charge in [0.1, 0.15) is 5.82 Å². The Morgan fingerprint density at radius 2 is 2.21 bits per heavy atom. The Labute approximate surface area is 83.4 Å². The third-order valence-corrected chi connectivity index (χ3v) is 2.95. The molecule has 0 aliphatic heterocycles. The van der Waals surface area contributed by atoms with Gasteiger partial charge in [-0.25, -0.2) is 18.1 Å². The lowest BCUT2D eigenvalue weighted by Crippen LogP contribution is -2.19. The molecule has 0 aromatic carbocycles. The summed E-state index contributed by atoms with van der Waals surface area (Å²) >= 11 is 0. The van der Waals surface area contributed by atoms with Gasteiger partial charge >= 0.3 is 0 Å². The van der Waals surface area contributed by atoms with E-state index in [2.05, 4.69) is 14.7 Å². The molecule has 0 aliphatic carbocycles. The van der Waals surface area contributed by atoms with Crippen LogP contribution in [0, 0.1) is 0 Å². The Bertz CT molecular complexity index is 396. The summed E-state index contributed by atoms with van der Waals surface area (Å²) in [5, 5.41) is 0.0943. The van der Waals surface area contributed by atoms with Crippen molar-refractivity contribution >= 4 is 10.0 Å². The molecule has 1 heterocycles. The summed E-state index contributed by atoms with van der Waals surface area (Å²) in [5.41, 5.74) is 0. The minimum absolute atomic E-state index is 0.0943. The van der Waals surface area contributed by atoms with Gasteiger partial charge in [0.15, 0.2) is 5.03 Å². The highest BCUT2D eigenvalue weighted by Crippen LogP contribution is 2.05. The fourth-order valence-corrected chi connectivity index (χ4v) is 1.63. The molecule has 1 aromatic rings. The molecule has 0 aliphatic rings. The molecular formula is C7H14N4O2S. The summed E-state index contributed by atoms with van der Waals surface area (Å²) in [6.45, 7) is 0.583. The van der Waals surface area contributed by atoms with E-state index in [1.165, 1.54) is 13.2 Å². The number of H-pyrrole nitrogens is 1. The Hall–Kier alpha value is -0.920. The van der Waals surface area contributed by atoms with Crippen molar-refractivity contribution in [2.75, 3.05) is 21.1 Å². The van der Waals surface area contributed by atoms with Gasteiger partial charge < -0.3 is 9.88 Å². The summed E-state index contributed by atoms with van der Waals surface area (Å²) in [6, 6.07) is 0. The monoisotopic (exact) mass is 218 g/mol. The minimum atomic E-state index is -3.40. The van der Waals surface area contributed by atoms with E-state index in [1.54, 1.807) is 0 Å². The molecule has 0 radical (unpaired) electrons. The average molecular weight is 218 g/mol. The number of hydrogen-bond acceptors (Lipinski definition) is 4. The number of rotatable bonds is 4. The van der Waals surface area contributed by atoms with Crippen LogP contribution >= 0.6 is 0 Å². The van der Waals surface area contributed by atoms with Crippen LogP contribution in [0.15, 0.2) is 11.2 Å². The van der Waals surface area contributed by atoms with Crippen LogP contribution in [-0.2, 0) is 16.6 Å². The maximum atomic E-state index is 11.3. The van der Waals surface area contributed by atoms with E-state index >= 15 is 0 Å². The van der Waals surface area contributed by atoms with Crippen molar-refractivity contribution in [1.29, 1.82) is 0 Å². The first-order chi connectivity index (χ1) is 6.45. The van der Waals surface area contributed by atoms with Crippen LogP contribution in [-0.4, -0.2) is 44.4 Å². The smallest absolute Gasteiger partial charge is 0.257 e. The lowest BCUT2D eigenvalue weighted by molar-refractivity contribution is 0.391. The maximum absolute atomic E-state index is 11.3. The number of aromatic nitrogens is 2. The molecule has 0 amide bonds. The molecule has 0 fully saturated rings. The van der Waals surface area contributed by atoms with Crippen molar-refractivity contribution < 1.29 is 8.42 Å². The molecule has 1 aromatic heterocycles. The van der Waals surface area contributed by atoms with Crippen LogP contribution in [0.1, 0.15) is 5.82 Å². The van der Waals surface area contributed by atoms with E-state index in [-0.39, 0.29) is 5.03 Å². The lowest BCUT2D eigenvalue weighted by atomic mass is 10.6. The van der Waals surface area contributed by atoms with E-state index in [0.717, 1.165) is 0 Å². The highest BCUT2D eigenvalue weighted by atomic mass is 32.2. The highest BCUT2D eigenvalue weighted by Gasteiger charge is 2.14. The zero-order valence-corrected chi connectivity index (χ0v) is 9.22. The van der Waals surface area contributed by atoms with Crippen molar-refractivity contribution in [1.82, 2.24) is 19.6 Å². The highest BCUT2D eigenvalue weighted by molar-refractivity contribution is 7.89. The number of aromatic amines is 1. The average Bonchev–Trinajstić information content (AvgIpc) is 2.52. The molecule has 0 saturated heterocycles. The first kappa shape index (κ1) is 11.2. The molecule has 0 bridgehead atoms. The van der Waals surface area contributed by atoms with E-state index in [4.69, 9.17) is 0 Å². The minimum Gasteiger partial charge on any atom is -0.331 e. The molecule has 7 heteroatoms. The predicted octanol–water partition coefficient (Wildman–Crippen LogP) is -0.621. The van der Waals surface area contributed by atoms with Gasteiger partial charge in [-0.2, -0.15) is 0 Å². The third-order valence-electron chi connectivity index (χ3n) is 1.63. The maximum Gasteiger partial charge on any atom is 0.257 e. The van der Waals surface area contributed by atoms with E-state index < -0.39 is 10.0 Å². The van der Waals surface area contributed by atoms with Crippen molar-refractivity contribution in [2.45, 2.75) is 11.6 Å². The first-order valence-corrected chi connectivity index (χ1v) is 5.56. The van der Waals surface area contributed by atoms with Crippen LogP contribution in [0.3, 0.4) is 0 Å². The second-order valence-corrected chi connectivity index (χ2v) is 4.99. The molecule has 0 saturated carbocycles. The Kier molecular flexibility index (Phi) is 3.25. The number of nitrogens with zero attached hydrogens (tertiary/aromatic N) is 2. The van der Waals surface area contributed by atoms with Gasteiger partial charge in [-0.3, -0.25) is 0 Å². The fourth-order valence-electron chi connectivity index (χ4n) is 0.970.